The van der Waals surface area contributed by atoms with Crippen LogP contribution in [0, 0.1) is 12.8 Å². The number of piperidine rings is 1. The Labute approximate surface area is 166 Å². The third-order valence-corrected chi connectivity index (χ3v) is 5.59. The Balaban J connectivity index is 1.68. The fourth-order valence-electron chi connectivity index (χ4n) is 3.61. The molecule has 9 heteroatoms. The largest absolute Gasteiger partial charge is 0.338 e. The molecule has 3 aromatic heterocycles. The zero-order chi connectivity index (χ0) is 19.1. The summed E-state index contributed by atoms with van der Waals surface area (Å²) >= 11 is 12.1. The van der Waals surface area contributed by atoms with Gasteiger partial charge in [-0.2, -0.15) is 10.1 Å². The van der Waals surface area contributed by atoms with E-state index in [1.165, 1.54) is 18.6 Å². The van der Waals surface area contributed by atoms with Crippen LogP contribution in [-0.2, 0) is 0 Å². The molecule has 0 saturated carbocycles. The van der Waals surface area contributed by atoms with E-state index in [9.17, 15) is 4.79 Å². The number of amides is 1. The Bertz CT molecular complexity index is 1020. The lowest BCUT2D eigenvalue weighted by Crippen LogP contribution is -2.42. The minimum Gasteiger partial charge on any atom is -0.338 e. The number of carbonyl (C=O) groups is 1. The summed E-state index contributed by atoms with van der Waals surface area (Å²) in [5.41, 5.74) is 2.27. The molecule has 27 heavy (non-hydrogen) atoms. The maximum atomic E-state index is 13.0. The second kappa shape index (κ2) is 7.05. The number of hydrogen-bond acceptors (Lipinski definition) is 5. The lowest BCUT2D eigenvalue weighted by atomic mass is 9.84. The molecular weight excluding hydrogens is 387 g/mol. The molecule has 0 aromatic carbocycles. The van der Waals surface area contributed by atoms with Crippen molar-refractivity contribution in [3.8, 4) is 0 Å². The van der Waals surface area contributed by atoms with Crippen LogP contribution in [-0.4, -0.2) is 48.5 Å². The van der Waals surface area contributed by atoms with Gasteiger partial charge in [0, 0.05) is 30.9 Å². The summed E-state index contributed by atoms with van der Waals surface area (Å²) in [5, 5.41) is 4.87. The SMILES string of the molecule is Cc1cc([C@@H]2CN(C(=O)c3cc(Cl)ncc3Cl)CC[C@H]2C)n2ncnc2n1. The lowest BCUT2D eigenvalue weighted by molar-refractivity contribution is 0.0666. The zero-order valence-electron chi connectivity index (χ0n) is 14.9. The van der Waals surface area contributed by atoms with E-state index in [0.717, 1.165) is 17.8 Å². The number of halogens is 2. The zero-order valence-corrected chi connectivity index (χ0v) is 16.4. The van der Waals surface area contributed by atoms with E-state index >= 15 is 0 Å². The van der Waals surface area contributed by atoms with Gasteiger partial charge in [0.25, 0.3) is 11.7 Å². The summed E-state index contributed by atoms with van der Waals surface area (Å²) in [6.07, 6.45) is 3.79. The molecule has 0 aliphatic carbocycles. The van der Waals surface area contributed by atoms with E-state index < -0.39 is 0 Å². The van der Waals surface area contributed by atoms with E-state index in [2.05, 4.69) is 27.0 Å². The first kappa shape index (κ1) is 18.1. The number of aryl methyl sites for hydroxylation is 1. The van der Waals surface area contributed by atoms with Crippen molar-refractivity contribution in [1.29, 1.82) is 0 Å². The Morgan fingerprint density at radius 2 is 2.07 bits per heavy atom. The van der Waals surface area contributed by atoms with Gasteiger partial charge in [-0.25, -0.2) is 14.5 Å². The molecule has 0 unspecified atom stereocenters. The number of pyridine rings is 1. The van der Waals surface area contributed by atoms with Gasteiger partial charge in [0.05, 0.1) is 16.3 Å². The van der Waals surface area contributed by atoms with Crippen molar-refractivity contribution < 1.29 is 4.79 Å². The van der Waals surface area contributed by atoms with Gasteiger partial charge in [-0.05, 0) is 31.4 Å². The van der Waals surface area contributed by atoms with Crippen LogP contribution in [0.5, 0.6) is 0 Å². The highest BCUT2D eigenvalue weighted by molar-refractivity contribution is 6.35. The summed E-state index contributed by atoms with van der Waals surface area (Å²) < 4.78 is 1.76. The molecule has 1 fully saturated rings. The Morgan fingerprint density at radius 3 is 2.89 bits per heavy atom. The molecular formula is C18H18Cl2N6O. The summed E-state index contributed by atoms with van der Waals surface area (Å²) in [6, 6.07) is 3.54. The van der Waals surface area contributed by atoms with Gasteiger partial charge in [0.2, 0.25) is 0 Å². The Kier molecular flexibility index (Phi) is 4.74. The smallest absolute Gasteiger partial charge is 0.255 e. The number of aromatic nitrogens is 5. The molecule has 0 N–H and O–H groups in total. The van der Waals surface area contributed by atoms with Gasteiger partial charge in [-0.15, -0.1) is 0 Å². The topological polar surface area (TPSA) is 76.3 Å². The van der Waals surface area contributed by atoms with Crippen LogP contribution in [0.4, 0.5) is 0 Å². The summed E-state index contributed by atoms with van der Waals surface area (Å²) in [7, 11) is 0. The molecule has 1 amide bonds. The Hall–Kier alpha value is -2.25. The average molecular weight is 405 g/mol. The van der Waals surface area contributed by atoms with Gasteiger partial charge in [-0.3, -0.25) is 4.79 Å². The standard InChI is InChI=1S/C18H18Cl2N6O/c1-10-3-4-25(17(27)12-6-16(20)21-7-14(12)19)8-13(10)15-5-11(2)24-18-22-9-23-26(15)18/h5-7,9-10,13H,3-4,8H2,1-2H3/t10-,13-/m1/s1. The molecule has 140 valence electrons. The van der Waals surface area contributed by atoms with E-state index in [4.69, 9.17) is 23.2 Å². The molecule has 1 aliphatic rings. The highest BCUT2D eigenvalue weighted by Gasteiger charge is 2.33. The minimum absolute atomic E-state index is 0.115. The highest BCUT2D eigenvalue weighted by Crippen LogP contribution is 2.33. The van der Waals surface area contributed by atoms with Gasteiger partial charge in [0.15, 0.2) is 0 Å². The third-order valence-electron chi connectivity index (χ3n) is 5.09. The van der Waals surface area contributed by atoms with E-state index in [1.54, 1.807) is 4.52 Å². The number of fused-ring (bicyclic) bond motifs is 1. The fraction of sp³-hybridized carbons (Fsp3) is 0.389. The summed E-state index contributed by atoms with van der Waals surface area (Å²) in [5.74, 6) is 0.941. The average Bonchev–Trinajstić information content (AvgIpc) is 3.11. The molecule has 4 rings (SSSR count). The van der Waals surface area contributed by atoms with E-state index in [1.807, 2.05) is 17.9 Å². The van der Waals surface area contributed by atoms with Crippen LogP contribution in [0.15, 0.2) is 24.7 Å². The van der Waals surface area contributed by atoms with Crippen LogP contribution < -0.4 is 0 Å². The normalized spacial score (nSPS) is 20.2. The highest BCUT2D eigenvalue weighted by atomic mass is 35.5. The fourth-order valence-corrected chi connectivity index (χ4v) is 3.95. The molecule has 7 nitrogen and oxygen atoms in total. The molecule has 1 saturated heterocycles. The van der Waals surface area contributed by atoms with Crippen molar-refractivity contribution >= 4 is 34.9 Å². The van der Waals surface area contributed by atoms with Crippen molar-refractivity contribution in [1.82, 2.24) is 29.5 Å². The third kappa shape index (κ3) is 3.37. The van der Waals surface area contributed by atoms with Crippen LogP contribution in [0.25, 0.3) is 5.78 Å². The van der Waals surface area contributed by atoms with E-state index in [0.29, 0.717) is 35.4 Å². The lowest BCUT2D eigenvalue weighted by Gasteiger charge is -2.37. The number of likely N-dealkylation sites (tertiary alicyclic amines) is 1. The number of hydrogen-bond donors (Lipinski definition) is 0. The maximum absolute atomic E-state index is 13.0. The van der Waals surface area contributed by atoms with Gasteiger partial charge in [-0.1, -0.05) is 30.1 Å². The predicted molar refractivity (Wildman–Crippen MR) is 102 cm³/mol. The second-order valence-electron chi connectivity index (χ2n) is 6.90. The maximum Gasteiger partial charge on any atom is 0.255 e. The molecule has 1 aliphatic heterocycles. The quantitative estimate of drug-likeness (QED) is 0.611. The van der Waals surface area contributed by atoms with Crippen molar-refractivity contribution in [3.63, 3.8) is 0 Å². The molecule has 0 bridgehead atoms. The number of nitrogens with zero attached hydrogens (tertiary/aromatic N) is 6. The Morgan fingerprint density at radius 1 is 1.26 bits per heavy atom. The first-order chi connectivity index (χ1) is 12.9. The van der Waals surface area contributed by atoms with Crippen molar-refractivity contribution in [2.45, 2.75) is 26.2 Å². The molecule has 2 atom stereocenters. The van der Waals surface area contributed by atoms with Crippen LogP contribution in [0.2, 0.25) is 10.2 Å². The van der Waals surface area contributed by atoms with Crippen molar-refractivity contribution in [3.05, 3.63) is 51.8 Å². The summed E-state index contributed by atoms with van der Waals surface area (Å²) in [4.78, 5) is 27.4. The van der Waals surface area contributed by atoms with Gasteiger partial charge < -0.3 is 4.90 Å². The minimum atomic E-state index is -0.137. The van der Waals surface area contributed by atoms with Crippen LogP contribution in [0.1, 0.15) is 41.0 Å². The second-order valence-corrected chi connectivity index (χ2v) is 7.70. The number of rotatable bonds is 2. The van der Waals surface area contributed by atoms with E-state index in [-0.39, 0.29) is 17.0 Å². The van der Waals surface area contributed by atoms with Gasteiger partial charge >= 0.3 is 0 Å². The van der Waals surface area contributed by atoms with Gasteiger partial charge in [0.1, 0.15) is 11.5 Å². The number of carbonyl (C=O) groups excluding carboxylic acids is 1. The molecule has 0 spiro atoms. The summed E-state index contributed by atoms with van der Waals surface area (Å²) in [6.45, 7) is 5.36. The first-order valence-electron chi connectivity index (χ1n) is 8.71. The van der Waals surface area contributed by atoms with Crippen molar-refractivity contribution in [2.75, 3.05) is 13.1 Å². The molecule has 3 aromatic rings. The monoisotopic (exact) mass is 404 g/mol. The van der Waals surface area contributed by atoms with Crippen molar-refractivity contribution in [2.24, 2.45) is 5.92 Å². The van der Waals surface area contributed by atoms with Crippen LogP contribution >= 0.6 is 23.2 Å². The molecule has 0 radical (unpaired) electrons. The molecule has 4 heterocycles. The predicted octanol–water partition coefficient (Wildman–Crippen LogP) is 3.40. The van der Waals surface area contributed by atoms with Crippen LogP contribution in [0.3, 0.4) is 0 Å². The first-order valence-corrected chi connectivity index (χ1v) is 9.47.